The molecule has 0 bridgehead atoms. The zero-order valence-corrected chi connectivity index (χ0v) is 8.18. The first-order valence-corrected chi connectivity index (χ1v) is 4.18. The van der Waals surface area contributed by atoms with Crippen LogP contribution in [0.3, 0.4) is 0 Å². The second-order valence-corrected chi connectivity index (χ2v) is 2.55. The molecule has 0 saturated heterocycles. The summed E-state index contributed by atoms with van der Waals surface area (Å²) < 4.78 is 13.2. The monoisotopic (exact) mass is 204 g/mol. The fourth-order valence-corrected chi connectivity index (χ4v) is 1.07. The molecule has 0 aliphatic rings. The van der Waals surface area contributed by atoms with Gasteiger partial charge in [-0.3, -0.25) is 0 Å². The summed E-state index contributed by atoms with van der Waals surface area (Å²) >= 11 is 0. The number of anilines is 1. The molecule has 0 fully saturated rings. The van der Waals surface area contributed by atoms with E-state index >= 15 is 0 Å². The van der Waals surface area contributed by atoms with E-state index in [2.05, 4.69) is 16.9 Å². The van der Waals surface area contributed by atoms with Crippen molar-refractivity contribution in [1.29, 1.82) is 5.26 Å². The van der Waals surface area contributed by atoms with Crippen LogP contribution in [-0.2, 0) is 0 Å². The number of rotatable bonds is 3. The Balaban J connectivity index is 3.30. The minimum Gasteiger partial charge on any atom is -0.205 e. The van der Waals surface area contributed by atoms with E-state index in [-0.39, 0.29) is 11.3 Å². The van der Waals surface area contributed by atoms with Crippen LogP contribution >= 0.6 is 0 Å². The average molecular weight is 204 g/mol. The van der Waals surface area contributed by atoms with Crippen molar-refractivity contribution in [3.05, 3.63) is 29.6 Å². The van der Waals surface area contributed by atoms with Gasteiger partial charge in [-0.15, -0.1) is 0 Å². The molecule has 0 aliphatic heterocycles. The lowest BCUT2D eigenvalue weighted by Crippen LogP contribution is -2.09. The molecule has 0 radical (unpaired) electrons. The summed E-state index contributed by atoms with van der Waals surface area (Å²) in [6.07, 6.45) is 1.47. The molecule has 0 atom stereocenters. The Labute approximate surface area is 86.9 Å². The molecule has 0 saturated carbocycles. The lowest BCUT2D eigenvalue weighted by Gasteiger charge is -2.13. The molecule has 0 spiro atoms. The van der Waals surface area contributed by atoms with Crippen LogP contribution in [0.2, 0.25) is 0 Å². The molecule has 15 heavy (non-hydrogen) atoms. The largest absolute Gasteiger partial charge is 0.205 e. The number of hydrazone groups is 2. The molecule has 0 amide bonds. The van der Waals surface area contributed by atoms with Crippen molar-refractivity contribution in [1.82, 2.24) is 0 Å². The number of halogens is 1. The van der Waals surface area contributed by atoms with Crippen molar-refractivity contribution >= 4 is 18.6 Å². The maximum Gasteiger partial charge on any atom is 0.143 e. The van der Waals surface area contributed by atoms with E-state index in [1.165, 1.54) is 18.3 Å². The summed E-state index contributed by atoms with van der Waals surface area (Å²) in [6, 6.07) is 5.99. The van der Waals surface area contributed by atoms with Gasteiger partial charge in [-0.2, -0.15) is 20.6 Å². The molecule has 5 heteroatoms. The van der Waals surface area contributed by atoms with E-state index in [0.717, 1.165) is 5.12 Å². The number of hydrogen-bond acceptors (Lipinski definition) is 4. The van der Waals surface area contributed by atoms with Crippen molar-refractivity contribution < 1.29 is 4.39 Å². The number of nitriles is 1. The summed E-state index contributed by atoms with van der Waals surface area (Å²) in [4.78, 5) is 0. The minimum atomic E-state index is -0.602. The third-order valence-corrected chi connectivity index (χ3v) is 1.68. The fourth-order valence-electron chi connectivity index (χ4n) is 1.07. The second-order valence-electron chi connectivity index (χ2n) is 2.55. The summed E-state index contributed by atoms with van der Waals surface area (Å²) in [7, 11) is 0. The standard InChI is InChI=1S/C10H9FN4/c1-3-14-15(13-2)10-6-4-5-9(11)8(10)7-12/h3-6H,2H2,1H3/b14-3-. The summed E-state index contributed by atoms with van der Waals surface area (Å²) in [5, 5.41) is 17.3. The van der Waals surface area contributed by atoms with Crippen molar-refractivity contribution in [2.75, 3.05) is 5.12 Å². The Hall–Kier alpha value is -2.22. The van der Waals surface area contributed by atoms with Gasteiger partial charge in [-0.1, -0.05) is 6.07 Å². The number of benzene rings is 1. The highest BCUT2D eigenvalue weighted by molar-refractivity contribution is 5.63. The first-order chi connectivity index (χ1) is 7.24. The zero-order valence-electron chi connectivity index (χ0n) is 8.18. The average Bonchev–Trinajstić information content (AvgIpc) is 2.25. The van der Waals surface area contributed by atoms with Crippen LogP contribution in [0.5, 0.6) is 0 Å². The van der Waals surface area contributed by atoms with Gasteiger partial charge in [0, 0.05) is 12.9 Å². The third kappa shape index (κ3) is 2.17. The van der Waals surface area contributed by atoms with Crippen LogP contribution in [-0.4, -0.2) is 12.9 Å². The molecule has 0 unspecified atom stereocenters. The van der Waals surface area contributed by atoms with Gasteiger partial charge in [0.1, 0.15) is 23.1 Å². The van der Waals surface area contributed by atoms with Gasteiger partial charge in [0.05, 0.1) is 0 Å². The topological polar surface area (TPSA) is 51.8 Å². The number of nitrogens with zero attached hydrogens (tertiary/aromatic N) is 4. The summed E-state index contributed by atoms with van der Waals surface area (Å²) in [5.41, 5.74) is 0.168. The van der Waals surface area contributed by atoms with E-state index < -0.39 is 5.82 Å². The van der Waals surface area contributed by atoms with Crippen molar-refractivity contribution in [2.24, 2.45) is 10.2 Å². The molecule has 0 aromatic heterocycles. The van der Waals surface area contributed by atoms with Gasteiger partial charge < -0.3 is 0 Å². The Morgan fingerprint density at radius 1 is 1.60 bits per heavy atom. The van der Waals surface area contributed by atoms with Gasteiger partial charge >= 0.3 is 0 Å². The maximum atomic E-state index is 13.2. The minimum absolute atomic E-state index is 0.101. The maximum absolute atomic E-state index is 13.2. The number of hydrogen-bond donors (Lipinski definition) is 0. The Morgan fingerprint density at radius 2 is 2.33 bits per heavy atom. The normalized spacial score (nSPS) is 9.93. The lowest BCUT2D eigenvalue weighted by atomic mass is 10.2. The first kappa shape index (κ1) is 10.9. The van der Waals surface area contributed by atoms with Gasteiger partial charge in [-0.05, 0) is 19.1 Å². The van der Waals surface area contributed by atoms with Gasteiger partial charge in [0.15, 0.2) is 0 Å². The summed E-state index contributed by atoms with van der Waals surface area (Å²) in [5.74, 6) is -0.602. The van der Waals surface area contributed by atoms with E-state index in [9.17, 15) is 4.39 Å². The van der Waals surface area contributed by atoms with E-state index in [1.54, 1.807) is 19.1 Å². The lowest BCUT2D eigenvalue weighted by molar-refractivity contribution is 0.623. The SMILES string of the molecule is C=NN(/N=C\C)c1cccc(F)c1C#N. The molecular formula is C10H9FN4. The molecule has 0 N–H and O–H groups in total. The van der Waals surface area contributed by atoms with Gasteiger partial charge in [-0.25, -0.2) is 4.39 Å². The van der Waals surface area contributed by atoms with Crippen LogP contribution in [0.25, 0.3) is 0 Å². The fraction of sp³-hybridized carbons (Fsp3) is 0.100. The molecule has 1 aromatic carbocycles. The first-order valence-electron chi connectivity index (χ1n) is 4.18. The van der Waals surface area contributed by atoms with Crippen molar-refractivity contribution in [3.63, 3.8) is 0 Å². The second kappa shape index (κ2) is 4.86. The van der Waals surface area contributed by atoms with E-state index in [0.29, 0.717) is 0 Å². The molecule has 1 aromatic rings. The highest BCUT2D eigenvalue weighted by atomic mass is 19.1. The molecule has 4 nitrogen and oxygen atoms in total. The molecule has 0 heterocycles. The van der Waals surface area contributed by atoms with Crippen LogP contribution in [0, 0.1) is 17.1 Å². The highest BCUT2D eigenvalue weighted by Crippen LogP contribution is 2.22. The van der Waals surface area contributed by atoms with Crippen LogP contribution < -0.4 is 5.12 Å². The highest BCUT2D eigenvalue weighted by Gasteiger charge is 2.12. The quantitative estimate of drug-likeness (QED) is 0.559. The zero-order chi connectivity index (χ0) is 11.3. The predicted molar refractivity (Wildman–Crippen MR) is 57.3 cm³/mol. The van der Waals surface area contributed by atoms with Crippen LogP contribution in [0.1, 0.15) is 12.5 Å². The van der Waals surface area contributed by atoms with E-state index in [1.807, 2.05) is 0 Å². The predicted octanol–water partition coefficient (Wildman–Crippen LogP) is 2.13. The molecular weight excluding hydrogens is 195 g/mol. The molecule has 0 aliphatic carbocycles. The van der Waals surface area contributed by atoms with Crippen LogP contribution in [0.4, 0.5) is 10.1 Å². The Morgan fingerprint density at radius 3 is 2.87 bits per heavy atom. The van der Waals surface area contributed by atoms with Gasteiger partial charge in [0.2, 0.25) is 0 Å². The van der Waals surface area contributed by atoms with Crippen molar-refractivity contribution in [3.8, 4) is 6.07 Å². The van der Waals surface area contributed by atoms with E-state index in [4.69, 9.17) is 5.26 Å². The van der Waals surface area contributed by atoms with Gasteiger partial charge in [0.25, 0.3) is 0 Å². The Bertz CT molecular complexity index is 434. The van der Waals surface area contributed by atoms with Crippen LogP contribution in [0.15, 0.2) is 28.4 Å². The van der Waals surface area contributed by atoms with Crippen molar-refractivity contribution in [2.45, 2.75) is 6.92 Å². The smallest absolute Gasteiger partial charge is 0.143 e. The Kier molecular flexibility index (Phi) is 3.52. The third-order valence-electron chi connectivity index (χ3n) is 1.68. The molecule has 1 rings (SSSR count). The summed E-state index contributed by atoms with van der Waals surface area (Å²) in [6.45, 7) is 4.98. The molecule has 76 valence electrons.